The fourth-order valence-electron chi connectivity index (χ4n) is 7.18. The van der Waals surface area contributed by atoms with Crippen LogP contribution in [0.4, 0.5) is 4.79 Å². The number of carboxylic acid groups (broad SMARTS) is 1. The molecule has 2 fully saturated rings. The smallest absolute Gasteiger partial charge is 0.410 e. The highest BCUT2D eigenvalue weighted by Crippen LogP contribution is 2.40. The lowest BCUT2D eigenvalue weighted by Gasteiger charge is -2.40. The second kappa shape index (κ2) is 15.6. The molecule has 268 valence electrons. The van der Waals surface area contributed by atoms with Crippen molar-refractivity contribution in [3.05, 3.63) is 102 Å². The van der Waals surface area contributed by atoms with Gasteiger partial charge in [-0.2, -0.15) is 0 Å². The number of hydrogen-bond donors (Lipinski definition) is 1. The first-order valence-electron chi connectivity index (χ1n) is 18.0. The zero-order valence-corrected chi connectivity index (χ0v) is 30.1. The number of para-hydroxylation sites is 1. The van der Waals surface area contributed by atoms with Gasteiger partial charge in [0, 0.05) is 69.1 Å². The van der Waals surface area contributed by atoms with Crippen molar-refractivity contribution < 1.29 is 29.0 Å². The third-order valence-corrected chi connectivity index (χ3v) is 9.79. The Labute approximate surface area is 300 Å². The number of carbonyl (C=O) groups excluding carboxylic acids is 2. The molecule has 2 atom stereocenters. The van der Waals surface area contributed by atoms with Gasteiger partial charge < -0.3 is 28.9 Å². The Kier molecular flexibility index (Phi) is 11.0. The molecule has 9 heteroatoms. The number of aryl methyl sites for hydroxylation is 1. The van der Waals surface area contributed by atoms with Crippen molar-refractivity contribution in [2.24, 2.45) is 5.92 Å². The molecule has 9 nitrogen and oxygen atoms in total. The molecule has 51 heavy (non-hydrogen) atoms. The first-order chi connectivity index (χ1) is 24.5. The number of nitrogens with zero attached hydrogens (tertiary/aromatic N) is 3. The Morgan fingerprint density at radius 1 is 0.961 bits per heavy atom. The first-order valence-corrected chi connectivity index (χ1v) is 18.0. The van der Waals surface area contributed by atoms with Crippen molar-refractivity contribution in [1.82, 2.24) is 14.4 Å². The van der Waals surface area contributed by atoms with Crippen molar-refractivity contribution in [2.45, 2.75) is 77.1 Å². The van der Waals surface area contributed by atoms with Gasteiger partial charge in [0.15, 0.2) is 0 Å². The molecule has 0 bridgehead atoms. The number of rotatable bonds is 12. The van der Waals surface area contributed by atoms with Gasteiger partial charge in [0.1, 0.15) is 5.60 Å². The van der Waals surface area contributed by atoms with Gasteiger partial charge in [0.25, 0.3) is 0 Å². The number of carboxylic acids is 1. The van der Waals surface area contributed by atoms with E-state index in [-0.39, 0.29) is 30.5 Å². The van der Waals surface area contributed by atoms with Crippen molar-refractivity contribution in [1.29, 1.82) is 0 Å². The number of ether oxygens (including phenoxy) is 2. The predicted molar refractivity (Wildman–Crippen MR) is 199 cm³/mol. The van der Waals surface area contributed by atoms with Crippen molar-refractivity contribution in [2.75, 3.05) is 26.8 Å². The second-order valence-electron chi connectivity index (χ2n) is 14.8. The molecular formula is C42H49N3O6. The summed E-state index contributed by atoms with van der Waals surface area (Å²) in [6.07, 6.45) is 7.98. The minimum absolute atomic E-state index is 0.0759. The lowest BCUT2D eigenvalue weighted by atomic mass is 9.79. The van der Waals surface area contributed by atoms with Crippen LogP contribution in [0.5, 0.6) is 0 Å². The number of likely N-dealkylation sites (tertiary alicyclic amines) is 1. The van der Waals surface area contributed by atoms with Crippen LogP contribution in [-0.4, -0.2) is 75.9 Å². The van der Waals surface area contributed by atoms with Crippen LogP contribution >= 0.6 is 0 Å². The van der Waals surface area contributed by atoms with E-state index in [1.54, 1.807) is 18.1 Å². The molecule has 1 saturated heterocycles. The summed E-state index contributed by atoms with van der Waals surface area (Å²) in [5.41, 5.74) is 5.52. The number of benzene rings is 3. The number of hydrogen-bond acceptors (Lipinski definition) is 5. The van der Waals surface area contributed by atoms with Gasteiger partial charge in [0.05, 0.1) is 5.92 Å². The Hall–Kier alpha value is -4.89. The number of methoxy groups -OCH3 is 1. The Morgan fingerprint density at radius 2 is 1.73 bits per heavy atom. The standard InChI is InChI=1S/C42H49N3O6/c1-42(2,3)51-41(49)44-23-21-35(32-10-7-9-31(25-32)30-16-13-29(14-17-30)15-20-39(46)47)37(28-44)40(48)45(34-18-19-34)27-33-26-43(22-8-24-50-4)38-12-6-5-11-36(33)38/h5-7,9-17,20,25-26,34-35,37H,8,18-19,21-24,27-28H2,1-4H3,(H,46,47)/b20-15+/t35-,37+/m1/s1. The van der Waals surface area contributed by atoms with E-state index in [1.165, 1.54) is 0 Å². The minimum atomic E-state index is -0.987. The molecule has 1 saturated carbocycles. The van der Waals surface area contributed by atoms with Crippen LogP contribution in [0.15, 0.2) is 85.1 Å². The van der Waals surface area contributed by atoms with Gasteiger partial charge in [0.2, 0.25) is 5.91 Å². The lowest BCUT2D eigenvalue weighted by Crippen LogP contribution is -2.51. The molecule has 0 spiro atoms. The van der Waals surface area contributed by atoms with E-state index < -0.39 is 17.5 Å². The van der Waals surface area contributed by atoms with Crippen LogP contribution in [0.3, 0.4) is 0 Å². The fourth-order valence-corrected chi connectivity index (χ4v) is 7.18. The number of carbonyl (C=O) groups is 3. The summed E-state index contributed by atoms with van der Waals surface area (Å²) in [6, 6.07) is 24.6. The molecule has 0 unspecified atom stereocenters. The van der Waals surface area contributed by atoms with Crippen molar-refractivity contribution >= 4 is 34.9 Å². The van der Waals surface area contributed by atoms with Gasteiger partial charge in [-0.25, -0.2) is 9.59 Å². The minimum Gasteiger partial charge on any atom is -0.478 e. The molecule has 2 amide bonds. The molecular weight excluding hydrogens is 642 g/mol. The summed E-state index contributed by atoms with van der Waals surface area (Å²) < 4.78 is 13.4. The topological polar surface area (TPSA) is 101 Å². The number of piperidine rings is 1. The second-order valence-corrected chi connectivity index (χ2v) is 14.8. The van der Waals surface area contributed by atoms with Crippen LogP contribution in [0.25, 0.3) is 28.1 Å². The summed E-state index contributed by atoms with van der Waals surface area (Å²) in [4.78, 5) is 43.1. The summed E-state index contributed by atoms with van der Waals surface area (Å²) in [6.45, 7) is 8.40. The molecule has 1 N–H and O–H groups in total. The van der Waals surface area contributed by atoms with E-state index in [0.29, 0.717) is 26.1 Å². The normalized spacial score (nSPS) is 17.9. The zero-order chi connectivity index (χ0) is 36.1. The van der Waals surface area contributed by atoms with Gasteiger partial charge in [-0.3, -0.25) is 4.79 Å². The molecule has 0 radical (unpaired) electrons. The average molecular weight is 692 g/mol. The van der Waals surface area contributed by atoms with Gasteiger partial charge in [-0.15, -0.1) is 0 Å². The number of aliphatic carboxylic acids is 1. The van der Waals surface area contributed by atoms with Crippen LogP contribution in [-0.2, 0) is 32.2 Å². The fraction of sp³-hybridized carbons (Fsp3) is 0.405. The maximum absolute atomic E-state index is 15.0. The SMILES string of the molecule is COCCCn1cc(CN(C(=O)[C@H]2CN(C(=O)OC(C)(C)C)CC[C@@H]2c2cccc(-c3ccc(/C=C/C(=O)O)cc3)c2)C2CC2)c2ccccc21. The van der Waals surface area contributed by atoms with Crippen LogP contribution in [0.1, 0.15) is 69.1 Å². The number of fused-ring (bicyclic) bond motifs is 1. The molecule has 1 aromatic heterocycles. The lowest BCUT2D eigenvalue weighted by molar-refractivity contribution is -0.139. The maximum atomic E-state index is 15.0. The number of amides is 2. The molecule has 1 aliphatic carbocycles. The quantitative estimate of drug-likeness (QED) is 0.120. The van der Waals surface area contributed by atoms with E-state index in [1.807, 2.05) is 51.1 Å². The summed E-state index contributed by atoms with van der Waals surface area (Å²) in [5, 5.41) is 10.1. The third kappa shape index (κ3) is 8.89. The Balaban J connectivity index is 1.31. The molecule has 2 aliphatic rings. The Bertz CT molecular complexity index is 1880. The van der Waals surface area contributed by atoms with E-state index in [4.69, 9.17) is 14.6 Å². The highest BCUT2D eigenvalue weighted by Gasteiger charge is 2.43. The van der Waals surface area contributed by atoms with Crippen LogP contribution in [0.2, 0.25) is 0 Å². The number of aromatic nitrogens is 1. The van der Waals surface area contributed by atoms with Crippen molar-refractivity contribution in [3.63, 3.8) is 0 Å². The molecule has 1 aliphatic heterocycles. The van der Waals surface area contributed by atoms with Crippen molar-refractivity contribution in [3.8, 4) is 11.1 Å². The highest BCUT2D eigenvalue weighted by molar-refractivity contribution is 5.87. The molecule has 3 aromatic carbocycles. The zero-order valence-electron chi connectivity index (χ0n) is 30.1. The summed E-state index contributed by atoms with van der Waals surface area (Å²) in [7, 11) is 1.72. The van der Waals surface area contributed by atoms with Gasteiger partial charge in [-0.1, -0.05) is 66.7 Å². The predicted octanol–water partition coefficient (Wildman–Crippen LogP) is 7.97. The molecule has 6 rings (SSSR count). The van der Waals surface area contributed by atoms with Gasteiger partial charge >= 0.3 is 12.1 Å². The monoisotopic (exact) mass is 691 g/mol. The van der Waals surface area contributed by atoms with E-state index >= 15 is 0 Å². The Morgan fingerprint density at radius 3 is 2.43 bits per heavy atom. The first kappa shape index (κ1) is 35.9. The van der Waals surface area contributed by atoms with Gasteiger partial charge in [-0.05, 0) is 92.3 Å². The maximum Gasteiger partial charge on any atom is 0.410 e. The molecule has 2 heterocycles. The largest absolute Gasteiger partial charge is 0.478 e. The third-order valence-electron chi connectivity index (χ3n) is 9.79. The molecule has 4 aromatic rings. The van der Waals surface area contributed by atoms with E-state index in [0.717, 1.165) is 70.6 Å². The van der Waals surface area contributed by atoms with E-state index in [2.05, 4.69) is 58.1 Å². The average Bonchev–Trinajstić information content (AvgIpc) is 3.91. The highest BCUT2D eigenvalue weighted by atomic mass is 16.6. The van der Waals surface area contributed by atoms with Crippen LogP contribution in [0, 0.1) is 5.92 Å². The summed E-state index contributed by atoms with van der Waals surface area (Å²) in [5.74, 6) is -1.45. The van der Waals surface area contributed by atoms with Crippen LogP contribution < -0.4 is 0 Å². The summed E-state index contributed by atoms with van der Waals surface area (Å²) >= 11 is 0. The van der Waals surface area contributed by atoms with E-state index in [9.17, 15) is 14.4 Å².